The second-order valence-corrected chi connectivity index (χ2v) is 6.20. The predicted octanol–water partition coefficient (Wildman–Crippen LogP) is 3.26. The third kappa shape index (κ3) is 2.50. The number of rotatable bonds is 2. The van der Waals surface area contributed by atoms with E-state index in [1.54, 1.807) is 0 Å². The van der Waals surface area contributed by atoms with Gasteiger partial charge in [-0.2, -0.15) is 0 Å². The van der Waals surface area contributed by atoms with Gasteiger partial charge in [-0.15, -0.1) is 0 Å². The van der Waals surface area contributed by atoms with Crippen molar-refractivity contribution in [3.63, 3.8) is 0 Å². The van der Waals surface area contributed by atoms with Gasteiger partial charge in [0.05, 0.1) is 0 Å². The Bertz CT molecular complexity index is 184. The van der Waals surface area contributed by atoms with Crippen molar-refractivity contribution in [3.8, 4) is 0 Å². The molecule has 0 aromatic carbocycles. The van der Waals surface area contributed by atoms with Crippen LogP contribution in [-0.4, -0.2) is 25.5 Å². The van der Waals surface area contributed by atoms with Gasteiger partial charge in [0.15, 0.2) is 0 Å². The standard InChI is InChI=1S/C13H27N/c1-10-7-11(2)12(3)13(4,8-10)9-14(5)6/h10-12H,7-9H2,1-6H3/t10-,11-,12+,13-/m1/s1. The average Bonchev–Trinajstić information content (AvgIpc) is 1.98. The molecule has 1 saturated carbocycles. The molecule has 14 heavy (non-hydrogen) atoms. The first-order valence-electron chi connectivity index (χ1n) is 6.00. The van der Waals surface area contributed by atoms with E-state index in [1.165, 1.54) is 19.4 Å². The summed E-state index contributed by atoms with van der Waals surface area (Å²) in [6.45, 7) is 11.0. The van der Waals surface area contributed by atoms with E-state index in [-0.39, 0.29) is 0 Å². The number of nitrogens with zero attached hydrogens (tertiary/aromatic N) is 1. The number of hydrogen-bond donors (Lipinski definition) is 0. The third-order valence-corrected chi connectivity index (χ3v) is 4.22. The minimum absolute atomic E-state index is 0.528. The SMILES string of the molecule is C[C@@H]1C[C@@H](C)[C@H](C)[C@@](C)(CN(C)C)C1. The van der Waals surface area contributed by atoms with Crippen LogP contribution in [0.4, 0.5) is 0 Å². The van der Waals surface area contributed by atoms with Crippen molar-refractivity contribution >= 4 is 0 Å². The minimum atomic E-state index is 0.528. The van der Waals surface area contributed by atoms with Gasteiger partial charge in [-0.3, -0.25) is 0 Å². The van der Waals surface area contributed by atoms with Gasteiger partial charge in [0.1, 0.15) is 0 Å². The van der Waals surface area contributed by atoms with Crippen LogP contribution in [-0.2, 0) is 0 Å². The fraction of sp³-hybridized carbons (Fsp3) is 1.00. The Hall–Kier alpha value is -0.0400. The van der Waals surface area contributed by atoms with Crippen molar-refractivity contribution in [1.29, 1.82) is 0 Å². The Morgan fingerprint density at radius 1 is 1.21 bits per heavy atom. The average molecular weight is 197 g/mol. The van der Waals surface area contributed by atoms with Crippen LogP contribution in [0.5, 0.6) is 0 Å². The second-order valence-electron chi connectivity index (χ2n) is 6.20. The van der Waals surface area contributed by atoms with E-state index < -0.39 is 0 Å². The highest BCUT2D eigenvalue weighted by Crippen LogP contribution is 2.46. The molecule has 0 unspecified atom stereocenters. The molecule has 1 aliphatic carbocycles. The van der Waals surface area contributed by atoms with Gasteiger partial charge >= 0.3 is 0 Å². The van der Waals surface area contributed by atoms with Crippen molar-refractivity contribution in [3.05, 3.63) is 0 Å². The molecule has 0 radical (unpaired) electrons. The van der Waals surface area contributed by atoms with Crippen molar-refractivity contribution < 1.29 is 0 Å². The molecule has 84 valence electrons. The van der Waals surface area contributed by atoms with Crippen LogP contribution in [0.25, 0.3) is 0 Å². The first-order valence-corrected chi connectivity index (χ1v) is 6.00. The smallest absolute Gasteiger partial charge is 0.00320 e. The zero-order chi connectivity index (χ0) is 10.9. The van der Waals surface area contributed by atoms with Crippen LogP contribution >= 0.6 is 0 Å². The summed E-state index contributed by atoms with van der Waals surface area (Å²) in [6.07, 6.45) is 2.82. The third-order valence-electron chi connectivity index (χ3n) is 4.22. The molecular weight excluding hydrogens is 170 g/mol. The molecule has 1 rings (SSSR count). The predicted molar refractivity (Wildman–Crippen MR) is 63.4 cm³/mol. The van der Waals surface area contributed by atoms with Gasteiger partial charge < -0.3 is 4.90 Å². The minimum Gasteiger partial charge on any atom is -0.309 e. The van der Waals surface area contributed by atoms with Gasteiger partial charge in [-0.05, 0) is 50.1 Å². The molecular formula is C13H27N. The lowest BCUT2D eigenvalue weighted by Gasteiger charge is -2.47. The van der Waals surface area contributed by atoms with Gasteiger partial charge in [0.25, 0.3) is 0 Å². The maximum Gasteiger partial charge on any atom is 0.00320 e. The maximum absolute atomic E-state index is 2.48. The zero-order valence-electron chi connectivity index (χ0n) is 10.8. The summed E-state index contributed by atoms with van der Waals surface area (Å²) in [5.74, 6) is 2.66. The highest BCUT2D eigenvalue weighted by Gasteiger charge is 2.40. The normalized spacial score (nSPS) is 44.4. The molecule has 0 aromatic heterocycles. The van der Waals surface area contributed by atoms with Gasteiger partial charge in [0, 0.05) is 6.54 Å². The van der Waals surface area contributed by atoms with Gasteiger partial charge in [0.2, 0.25) is 0 Å². The summed E-state index contributed by atoms with van der Waals surface area (Å²) in [4.78, 5) is 2.35. The van der Waals surface area contributed by atoms with Crippen molar-refractivity contribution in [1.82, 2.24) is 4.90 Å². The monoisotopic (exact) mass is 197 g/mol. The summed E-state index contributed by atoms with van der Waals surface area (Å²) in [5.41, 5.74) is 0.528. The molecule has 0 aliphatic heterocycles. The van der Waals surface area contributed by atoms with E-state index in [0.29, 0.717) is 5.41 Å². The molecule has 1 fully saturated rings. The van der Waals surface area contributed by atoms with E-state index in [9.17, 15) is 0 Å². The lowest BCUT2D eigenvalue weighted by molar-refractivity contribution is 0.0251. The molecule has 4 atom stereocenters. The Labute approximate surface area is 89.9 Å². The molecule has 0 saturated heterocycles. The summed E-state index contributed by atoms with van der Waals surface area (Å²) in [7, 11) is 4.39. The van der Waals surface area contributed by atoms with Crippen molar-refractivity contribution in [2.75, 3.05) is 20.6 Å². The van der Waals surface area contributed by atoms with Crippen molar-refractivity contribution in [2.45, 2.75) is 40.5 Å². The first kappa shape index (κ1) is 12.0. The lowest BCUT2D eigenvalue weighted by Crippen LogP contribution is -2.43. The Morgan fingerprint density at radius 3 is 2.29 bits per heavy atom. The van der Waals surface area contributed by atoms with Gasteiger partial charge in [-0.1, -0.05) is 27.7 Å². The van der Waals surface area contributed by atoms with E-state index >= 15 is 0 Å². The first-order chi connectivity index (χ1) is 6.35. The molecule has 0 aromatic rings. The van der Waals surface area contributed by atoms with Crippen molar-refractivity contribution in [2.24, 2.45) is 23.2 Å². The Balaban J connectivity index is 2.72. The summed E-state index contributed by atoms with van der Waals surface area (Å²) in [6, 6.07) is 0. The fourth-order valence-electron chi connectivity index (χ4n) is 3.52. The maximum atomic E-state index is 2.48. The van der Waals surface area contributed by atoms with Crippen LogP contribution in [0, 0.1) is 23.2 Å². The van der Waals surface area contributed by atoms with Crippen LogP contribution in [0.15, 0.2) is 0 Å². The molecule has 0 spiro atoms. The molecule has 1 aliphatic rings. The van der Waals surface area contributed by atoms with E-state index in [4.69, 9.17) is 0 Å². The van der Waals surface area contributed by atoms with Crippen LogP contribution in [0.2, 0.25) is 0 Å². The second kappa shape index (κ2) is 4.22. The van der Waals surface area contributed by atoms with Crippen LogP contribution in [0.1, 0.15) is 40.5 Å². The summed E-state index contributed by atoms with van der Waals surface area (Å²) >= 11 is 0. The number of hydrogen-bond acceptors (Lipinski definition) is 1. The molecule has 1 nitrogen and oxygen atoms in total. The van der Waals surface area contributed by atoms with E-state index in [0.717, 1.165) is 17.8 Å². The Kier molecular flexibility index (Phi) is 3.63. The lowest BCUT2D eigenvalue weighted by atomic mass is 9.60. The quantitative estimate of drug-likeness (QED) is 0.657. The molecule has 0 N–H and O–H groups in total. The zero-order valence-corrected chi connectivity index (χ0v) is 10.8. The molecule has 0 bridgehead atoms. The van der Waals surface area contributed by atoms with E-state index in [1.807, 2.05) is 0 Å². The summed E-state index contributed by atoms with van der Waals surface area (Å²) < 4.78 is 0. The molecule has 0 amide bonds. The highest BCUT2D eigenvalue weighted by atomic mass is 15.1. The largest absolute Gasteiger partial charge is 0.309 e. The van der Waals surface area contributed by atoms with Crippen LogP contribution in [0.3, 0.4) is 0 Å². The fourth-order valence-corrected chi connectivity index (χ4v) is 3.52. The Morgan fingerprint density at radius 2 is 1.79 bits per heavy atom. The topological polar surface area (TPSA) is 3.24 Å². The molecule has 1 heteroatoms. The van der Waals surface area contributed by atoms with Gasteiger partial charge in [-0.25, -0.2) is 0 Å². The summed E-state index contributed by atoms with van der Waals surface area (Å²) in [5, 5.41) is 0. The van der Waals surface area contributed by atoms with Crippen LogP contribution < -0.4 is 0 Å². The van der Waals surface area contributed by atoms with E-state index in [2.05, 4.69) is 46.7 Å². The highest BCUT2D eigenvalue weighted by molar-refractivity contribution is 4.91. The molecule has 0 heterocycles.